The number of amides is 1. The molecule has 7 nitrogen and oxygen atoms in total. The smallest absolute Gasteiger partial charge is 0.291 e. The Balaban J connectivity index is 1.37. The summed E-state index contributed by atoms with van der Waals surface area (Å²) >= 11 is 3.40. The molecule has 1 saturated heterocycles. The number of sulfonamides is 1. The van der Waals surface area contributed by atoms with Gasteiger partial charge in [0.25, 0.3) is 5.91 Å². The third-order valence-corrected chi connectivity index (χ3v) is 6.99. The summed E-state index contributed by atoms with van der Waals surface area (Å²) in [5, 5.41) is 2.84. The highest BCUT2D eigenvalue weighted by Crippen LogP contribution is 2.25. The van der Waals surface area contributed by atoms with Crippen molar-refractivity contribution in [2.24, 2.45) is 0 Å². The molecule has 31 heavy (non-hydrogen) atoms. The normalized spacial score (nSPS) is 15.1. The second kappa shape index (κ2) is 8.86. The van der Waals surface area contributed by atoms with E-state index in [2.05, 4.69) is 26.1 Å². The fourth-order valence-corrected chi connectivity index (χ4v) is 4.55. The van der Waals surface area contributed by atoms with E-state index in [1.807, 2.05) is 48.5 Å². The van der Waals surface area contributed by atoms with Crippen molar-refractivity contribution < 1.29 is 17.6 Å². The van der Waals surface area contributed by atoms with E-state index < -0.39 is 10.0 Å². The van der Waals surface area contributed by atoms with Gasteiger partial charge < -0.3 is 14.6 Å². The third kappa shape index (κ3) is 5.17. The van der Waals surface area contributed by atoms with Crippen LogP contribution in [0.2, 0.25) is 0 Å². The summed E-state index contributed by atoms with van der Waals surface area (Å²) in [6, 6.07) is 18.6. The molecule has 4 rings (SSSR count). The van der Waals surface area contributed by atoms with Crippen LogP contribution in [-0.2, 0) is 10.0 Å². The van der Waals surface area contributed by atoms with E-state index in [0.717, 1.165) is 15.7 Å². The topological polar surface area (TPSA) is 82.9 Å². The number of furan rings is 1. The number of piperazine rings is 1. The average Bonchev–Trinajstić information content (AvgIpc) is 3.25. The number of benzene rings is 2. The summed E-state index contributed by atoms with van der Waals surface area (Å²) in [5.74, 6) is 0.540. The molecule has 162 valence electrons. The van der Waals surface area contributed by atoms with Crippen LogP contribution in [0, 0.1) is 0 Å². The van der Waals surface area contributed by atoms with Crippen LogP contribution in [0.1, 0.15) is 10.6 Å². The zero-order chi connectivity index (χ0) is 22.0. The Morgan fingerprint density at radius 1 is 0.935 bits per heavy atom. The van der Waals surface area contributed by atoms with E-state index in [1.54, 1.807) is 12.1 Å². The van der Waals surface area contributed by atoms with E-state index in [0.29, 0.717) is 37.6 Å². The standard InChI is InChI=1S/C22H22BrN3O4S/c1-31(28,29)26-14-12-25(13-15-26)19-8-6-18(7-9-19)24-22(27)21-11-10-20(30-21)16-2-4-17(23)5-3-16/h2-11H,12-15H2,1H3,(H,24,27). The van der Waals surface area contributed by atoms with E-state index in [4.69, 9.17) is 4.42 Å². The molecule has 1 aliphatic heterocycles. The number of nitrogens with one attached hydrogen (secondary N) is 1. The predicted octanol–water partition coefficient (Wildman–Crippen LogP) is 4.04. The SMILES string of the molecule is CS(=O)(=O)N1CCN(c2ccc(NC(=O)c3ccc(-c4ccc(Br)cc4)o3)cc2)CC1. The maximum Gasteiger partial charge on any atom is 0.291 e. The van der Waals surface area contributed by atoms with Gasteiger partial charge in [-0.1, -0.05) is 28.1 Å². The summed E-state index contributed by atoms with van der Waals surface area (Å²) in [6.45, 7) is 2.20. The molecule has 2 heterocycles. The molecular weight excluding hydrogens is 482 g/mol. The van der Waals surface area contributed by atoms with Crippen LogP contribution in [0.25, 0.3) is 11.3 Å². The lowest BCUT2D eigenvalue weighted by molar-refractivity contribution is 0.0997. The van der Waals surface area contributed by atoms with Gasteiger partial charge in [-0.25, -0.2) is 8.42 Å². The average molecular weight is 504 g/mol. The Labute approximate surface area is 189 Å². The first-order valence-electron chi connectivity index (χ1n) is 9.77. The number of nitrogens with zero attached hydrogens (tertiary/aromatic N) is 2. The molecule has 1 aliphatic rings. The molecule has 1 amide bonds. The van der Waals surface area contributed by atoms with Gasteiger partial charge >= 0.3 is 0 Å². The Morgan fingerprint density at radius 3 is 2.19 bits per heavy atom. The van der Waals surface area contributed by atoms with E-state index in [1.165, 1.54) is 10.6 Å². The van der Waals surface area contributed by atoms with Gasteiger partial charge in [0.05, 0.1) is 6.26 Å². The maximum absolute atomic E-state index is 12.5. The summed E-state index contributed by atoms with van der Waals surface area (Å²) in [4.78, 5) is 14.7. The van der Waals surface area contributed by atoms with Crippen LogP contribution in [0.4, 0.5) is 11.4 Å². The van der Waals surface area contributed by atoms with Gasteiger partial charge in [0, 0.05) is 47.6 Å². The van der Waals surface area contributed by atoms with Crippen molar-refractivity contribution in [3.8, 4) is 11.3 Å². The lowest BCUT2D eigenvalue weighted by Crippen LogP contribution is -2.48. The zero-order valence-electron chi connectivity index (χ0n) is 16.9. The minimum Gasteiger partial charge on any atom is -0.451 e. The van der Waals surface area contributed by atoms with E-state index in [9.17, 15) is 13.2 Å². The Morgan fingerprint density at radius 2 is 1.58 bits per heavy atom. The molecule has 1 fully saturated rings. The van der Waals surface area contributed by atoms with Crippen molar-refractivity contribution >= 4 is 43.2 Å². The molecule has 0 bridgehead atoms. The van der Waals surface area contributed by atoms with Gasteiger partial charge in [0.15, 0.2) is 5.76 Å². The molecule has 0 radical (unpaired) electrons. The first-order chi connectivity index (χ1) is 14.8. The first-order valence-corrected chi connectivity index (χ1v) is 12.4. The van der Waals surface area contributed by atoms with Crippen molar-refractivity contribution in [1.82, 2.24) is 4.31 Å². The third-order valence-electron chi connectivity index (χ3n) is 5.16. The molecular formula is C22H22BrN3O4S. The van der Waals surface area contributed by atoms with Crippen molar-refractivity contribution in [3.63, 3.8) is 0 Å². The van der Waals surface area contributed by atoms with Crippen LogP contribution in [-0.4, -0.2) is 51.1 Å². The number of carbonyl (C=O) groups is 1. The molecule has 0 saturated carbocycles. The number of rotatable bonds is 5. The molecule has 9 heteroatoms. The van der Waals surface area contributed by atoms with Crippen LogP contribution in [0.3, 0.4) is 0 Å². The highest BCUT2D eigenvalue weighted by Gasteiger charge is 2.23. The number of hydrogen-bond donors (Lipinski definition) is 1. The number of halogens is 1. The minimum absolute atomic E-state index is 0.235. The van der Waals surface area contributed by atoms with Crippen molar-refractivity contribution in [2.75, 3.05) is 42.7 Å². The summed E-state index contributed by atoms with van der Waals surface area (Å²) in [6.07, 6.45) is 1.24. The van der Waals surface area contributed by atoms with Gasteiger partial charge in [-0.2, -0.15) is 4.31 Å². The number of anilines is 2. The van der Waals surface area contributed by atoms with Gasteiger partial charge in [-0.3, -0.25) is 4.79 Å². The molecule has 0 atom stereocenters. The number of hydrogen-bond acceptors (Lipinski definition) is 5. The predicted molar refractivity (Wildman–Crippen MR) is 125 cm³/mol. The molecule has 2 aromatic carbocycles. The maximum atomic E-state index is 12.5. The second-order valence-corrected chi connectivity index (χ2v) is 10.2. The van der Waals surface area contributed by atoms with Gasteiger partial charge in [0.2, 0.25) is 10.0 Å². The molecule has 0 unspecified atom stereocenters. The summed E-state index contributed by atoms with van der Waals surface area (Å²) < 4.78 is 31.5. The Hall–Kier alpha value is -2.62. The van der Waals surface area contributed by atoms with Crippen LogP contribution >= 0.6 is 15.9 Å². The fraction of sp³-hybridized carbons (Fsp3) is 0.227. The monoisotopic (exact) mass is 503 g/mol. The Kier molecular flexibility index (Phi) is 6.17. The Bertz CT molecular complexity index is 1170. The van der Waals surface area contributed by atoms with Crippen molar-refractivity contribution in [1.29, 1.82) is 0 Å². The molecule has 1 aromatic heterocycles. The van der Waals surface area contributed by atoms with Crippen LogP contribution < -0.4 is 10.2 Å². The van der Waals surface area contributed by atoms with Crippen molar-refractivity contribution in [2.45, 2.75) is 0 Å². The zero-order valence-corrected chi connectivity index (χ0v) is 19.3. The second-order valence-electron chi connectivity index (χ2n) is 7.32. The minimum atomic E-state index is -3.15. The summed E-state index contributed by atoms with van der Waals surface area (Å²) in [5.41, 5.74) is 2.54. The fourth-order valence-electron chi connectivity index (χ4n) is 3.46. The summed E-state index contributed by atoms with van der Waals surface area (Å²) in [7, 11) is -3.15. The first kappa shape index (κ1) is 21.6. The molecule has 1 N–H and O–H groups in total. The highest BCUT2D eigenvalue weighted by molar-refractivity contribution is 9.10. The lowest BCUT2D eigenvalue weighted by atomic mass is 10.2. The molecule has 0 aliphatic carbocycles. The van der Waals surface area contributed by atoms with Gasteiger partial charge in [0.1, 0.15) is 5.76 Å². The van der Waals surface area contributed by atoms with E-state index in [-0.39, 0.29) is 11.7 Å². The van der Waals surface area contributed by atoms with Crippen LogP contribution in [0.15, 0.2) is 69.6 Å². The van der Waals surface area contributed by atoms with Crippen molar-refractivity contribution in [3.05, 3.63) is 70.9 Å². The molecule has 3 aromatic rings. The lowest BCUT2D eigenvalue weighted by Gasteiger charge is -2.34. The van der Waals surface area contributed by atoms with Gasteiger partial charge in [-0.05, 0) is 48.5 Å². The molecule has 0 spiro atoms. The largest absolute Gasteiger partial charge is 0.451 e. The van der Waals surface area contributed by atoms with Crippen LogP contribution in [0.5, 0.6) is 0 Å². The number of carbonyl (C=O) groups excluding carboxylic acids is 1. The van der Waals surface area contributed by atoms with E-state index >= 15 is 0 Å². The van der Waals surface area contributed by atoms with Gasteiger partial charge in [-0.15, -0.1) is 0 Å². The highest BCUT2D eigenvalue weighted by atomic mass is 79.9. The quantitative estimate of drug-likeness (QED) is 0.567.